The number of hydrogen-bond donors (Lipinski definition) is 1. The number of hydrogen-bond acceptors (Lipinski definition) is 3. The number of esters is 1. The second-order valence-corrected chi connectivity index (χ2v) is 6.50. The zero-order valence-electron chi connectivity index (χ0n) is 15.7. The van der Waals surface area contributed by atoms with E-state index in [9.17, 15) is 9.59 Å². The Labute approximate surface area is 155 Å². The molecule has 1 N–H and O–H groups in total. The number of carbonyl (C=O) groups excluding carboxylic acids is 2. The monoisotopic (exact) mass is 353 g/mol. The largest absolute Gasteiger partial charge is 0.453 e. The van der Waals surface area contributed by atoms with Crippen LogP contribution in [0.4, 0.5) is 5.69 Å². The summed E-state index contributed by atoms with van der Waals surface area (Å²) in [6.07, 6.45) is 1.01. The summed E-state index contributed by atoms with van der Waals surface area (Å²) < 4.78 is 5.28. The van der Waals surface area contributed by atoms with Gasteiger partial charge in [-0.25, -0.2) is 0 Å². The molecule has 4 heteroatoms. The van der Waals surface area contributed by atoms with Crippen molar-refractivity contribution in [2.24, 2.45) is 0 Å². The van der Waals surface area contributed by atoms with Gasteiger partial charge in [-0.1, -0.05) is 62.4 Å². The molecule has 2 aromatic rings. The van der Waals surface area contributed by atoms with Crippen LogP contribution < -0.4 is 5.32 Å². The van der Waals surface area contributed by atoms with Gasteiger partial charge in [0.2, 0.25) is 0 Å². The van der Waals surface area contributed by atoms with Gasteiger partial charge in [-0.3, -0.25) is 9.59 Å². The zero-order valence-corrected chi connectivity index (χ0v) is 15.7. The molecule has 2 rings (SSSR count). The lowest BCUT2D eigenvalue weighted by Gasteiger charge is -2.18. The molecule has 0 aromatic heterocycles. The Morgan fingerprint density at radius 3 is 2.35 bits per heavy atom. The van der Waals surface area contributed by atoms with Gasteiger partial charge in [0.15, 0.2) is 6.10 Å². The van der Waals surface area contributed by atoms with Gasteiger partial charge in [-0.15, -0.1) is 0 Å². The predicted molar refractivity (Wildman–Crippen MR) is 104 cm³/mol. The van der Waals surface area contributed by atoms with Gasteiger partial charge in [-0.05, 0) is 42.9 Å². The number of benzene rings is 2. The van der Waals surface area contributed by atoms with Crippen LogP contribution in [0.3, 0.4) is 0 Å². The molecule has 0 saturated heterocycles. The van der Waals surface area contributed by atoms with Gasteiger partial charge < -0.3 is 10.1 Å². The van der Waals surface area contributed by atoms with Crippen LogP contribution >= 0.6 is 0 Å². The van der Waals surface area contributed by atoms with Gasteiger partial charge in [-0.2, -0.15) is 0 Å². The number of carbonyl (C=O) groups is 2. The van der Waals surface area contributed by atoms with Crippen molar-refractivity contribution in [2.75, 3.05) is 5.32 Å². The topological polar surface area (TPSA) is 55.4 Å². The van der Waals surface area contributed by atoms with E-state index in [4.69, 9.17) is 4.74 Å². The van der Waals surface area contributed by atoms with Crippen LogP contribution in [-0.2, 0) is 20.7 Å². The van der Waals surface area contributed by atoms with E-state index in [2.05, 4.69) is 19.2 Å². The average Bonchev–Trinajstić information content (AvgIpc) is 2.67. The first-order chi connectivity index (χ1) is 12.5. The number of para-hydroxylation sites is 1. The van der Waals surface area contributed by atoms with Crippen molar-refractivity contribution in [3.8, 4) is 0 Å². The summed E-state index contributed by atoms with van der Waals surface area (Å²) in [5.41, 5.74) is 2.94. The minimum atomic E-state index is -0.830. The molecule has 0 fully saturated rings. The second kappa shape index (κ2) is 9.76. The van der Waals surface area contributed by atoms with E-state index in [-0.39, 0.29) is 18.3 Å². The van der Waals surface area contributed by atoms with Crippen LogP contribution in [0, 0.1) is 0 Å². The zero-order chi connectivity index (χ0) is 18.9. The molecule has 0 aliphatic heterocycles. The summed E-state index contributed by atoms with van der Waals surface area (Å²) in [6, 6.07) is 17.5. The minimum Gasteiger partial charge on any atom is -0.453 e. The SMILES string of the molecule is CC[C@H](C)c1ccccc1NC(=O)[C@H](C)OC(=O)CCc1ccccc1. The van der Waals surface area contributed by atoms with Crippen molar-refractivity contribution in [1.82, 2.24) is 0 Å². The fourth-order valence-electron chi connectivity index (χ4n) is 2.70. The van der Waals surface area contributed by atoms with Crippen LogP contribution in [0.25, 0.3) is 0 Å². The third kappa shape index (κ3) is 5.73. The van der Waals surface area contributed by atoms with Crippen molar-refractivity contribution >= 4 is 17.6 Å². The maximum atomic E-state index is 12.4. The van der Waals surface area contributed by atoms with Crippen molar-refractivity contribution in [1.29, 1.82) is 0 Å². The molecule has 2 atom stereocenters. The molecule has 0 heterocycles. The van der Waals surface area contributed by atoms with Crippen LogP contribution in [-0.4, -0.2) is 18.0 Å². The van der Waals surface area contributed by atoms with E-state index < -0.39 is 6.10 Å². The number of aryl methyl sites for hydroxylation is 1. The van der Waals surface area contributed by atoms with Crippen molar-refractivity contribution < 1.29 is 14.3 Å². The van der Waals surface area contributed by atoms with Crippen molar-refractivity contribution in [3.05, 3.63) is 65.7 Å². The Morgan fingerprint density at radius 2 is 1.65 bits per heavy atom. The van der Waals surface area contributed by atoms with Crippen LogP contribution in [0.15, 0.2) is 54.6 Å². The minimum absolute atomic E-state index is 0.255. The van der Waals surface area contributed by atoms with Crippen LogP contribution in [0.1, 0.15) is 50.7 Å². The lowest BCUT2D eigenvalue weighted by molar-refractivity contribution is -0.153. The highest BCUT2D eigenvalue weighted by atomic mass is 16.5. The average molecular weight is 353 g/mol. The fourth-order valence-corrected chi connectivity index (χ4v) is 2.70. The molecule has 4 nitrogen and oxygen atoms in total. The van der Waals surface area contributed by atoms with E-state index in [1.165, 1.54) is 0 Å². The van der Waals surface area contributed by atoms with E-state index in [1.807, 2.05) is 54.6 Å². The normalized spacial score (nSPS) is 12.9. The van der Waals surface area contributed by atoms with Crippen molar-refractivity contribution in [2.45, 2.75) is 52.1 Å². The van der Waals surface area contributed by atoms with Crippen LogP contribution in [0.5, 0.6) is 0 Å². The number of nitrogens with one attached hydrogen (secondary N) is 1. The number of ether oxygens (including phenoxy) is 1. The summed E-state index contributed by atoms with van der Waals surface area (Å²) in [5, 5.41) is 2.89. The molecular weight excluding hydrogens is 326 g/mol. The Bertz CT molecular complexity index is 727. The second-order valence-electron chi connectivity index (χ2n) is 6.50. The molecule has 2 aromatic carbocycles. The highest BCUT2D eigenvalue weighted by molar-refractivity contribution is 5.95. The number of amides is 1. The van der Waals surface area contributed by atoms with Gasteiger partial charge in [0.05, 0.1) is 0 Å². The van der Waals surface area contributed by atoms with Gasteiger partial charge in [0, 0.05) is 12.1 Å². The lowest BCUT2D eigenvalue weighted by Crippen LogP contribution is -2.30. The quantitative estimate of drug-likeness (QED) is 0.700. The maximum absolute atomic E-state index is 12.4. The molecule has 0 radical (unpaired) electrons. The van der Waals surface area contributed by atoms with Crippen molar-refractivity contribution in [3.63, 3.8) is 0 Å². The first kappa shape index (κ1) is 19.7. The molecular formula is C22H27NO3. The first-order valence-corrected chi connectivity index (χ1v) is 9.14. The Balaban J connectivity index is 1.88. The van der Waals surface area contributed by atoms with E-state index in [1.54, 1.807) is 6.92 Å². The smallest absolute Gasteiger partial charge is 0.306 e. The van der Waals surface area contributed by atoms with E-state index >= 15 is 0 Å². The molecule has 1 amide bonds. The highest BCUT2D eigenvalue weighted by Crippen LogP contribution is 2.26. The van der Waals surface area contributed by atoms with Gasteiger partial charge >= 0.3 is 5.97 Å². The number of anilines is 1. The molecule has 26 heavy (non-hydrogen) atoms. The fraction of sp³-hybridized carbons (Fsp3) is 0.364. The Hall–Kier alpha value is -2.62. The van der Waals surface area contributed by atoms with Gasteiger partial charge in [0.1, 0.15) is 0 Å². The molecule has 0 saturated carbocycles. The lowest BCUT2D eigenvalue weighted by atomic mass is 9.97. The Kier molecular flexibility index (Phi) is 7.39. The maximum Gasteiger partial charge on any atom is 0.306 e. The molecule has 0 aliphatic carbocycles. The highest BCUT2D eigenvalue weighted by Gasteiger charge is 2.19. The first-order valence-electron chi connectivity index (χ1n) is 9.14. The third-order valence-corrected chi connectivity index (χ3v) is 4.50. The van der Waals surface area contributed by atoms with Gasteiger partial charge in [0.25, 0.3) is 5.91 Å². The van der Waals surface area contributed by atoms with E-state index in [0.29, 0.717) is 12.3 Å². The predicted octanol–water partition coefficient (Wildman–Crippen LogP) is 4.70. The third-order valence-electron chi connectivity index (χ3n) is 4.50. The molecule has 138 valence electrons. The summed E-state index contributed by atoms with van der Waals surface area (Å²) in [7, 11) is 0. The summed E-state index contributed by atoms with van der Waals surface area (Å²) >= 11 is 0. The van der Waals surface area contributed by atoms with Crippen LogP contribution in [0.2, 0.25) is 0 Å². The standard InChI is InChI=1S/C22H27NO3/c1-4-16(2)19-12-8-9-13-20(19)23-22(25)17(3)26-21(24)15-14-18-10-6-5-7-11-18/h5-13,16-17H,4,14-15H2,1-3H3,(H,23,25)/t16-,17-/m0/s1. The molecule has 0 bridgehead atoms. The van der Waals surface area contributed by atoms with E-state index in [0.717, 1.165) is 23.2 Å². The molecule has 0 aliphatic rings. The molecule has 0 unspecified atom stereocenters. The summed E-state index contributed by atoms with van der Waals surface area (Å²) in [5.74, 6) is -0.337. The Morgan fingerprint density at radius 1 is 1.00 bits per heavy atom. The number of rotatable bonds is 8. The summed E-state index contributed by atoms with van der Waals surface area (Å²) in [6.45, 7) is 5.83. The summed E-state index contributed by atoms with van der Waals surface area (Å²) in [4.78, 5) is 24.4. The molecule has 0 spiro atoms.